The number of likely N-dealkylation sites (tertiary alicyclic amines) is 1. The van der Waals surface area contributed by atoms with Crippen molar-refractivity contribution in [1.82, 2.24) is 9.88 Å². The summed E-state index contributed by atoms with van der Waals surface area (Å²) in [5.74, 6) is -1.32. The molecule has 1 atom stereocenters. The van der Waals surface area contributed by atoms with E-state index in [4.69, 9.17) is 5.11 Å². The van der Waals surface area contributed by atoms with Crippen LogP contribution < -0.4 is 5.32 Å². The van der Waals surface area contributed by atoms with E-state index < -0.39 is 11.9 Å². The smallest absolute Gasteiger partial charge is 0.321 e. The van der Waals surface area contributed by atoms with Crippen molar-refractivity contribution in [1.29, 1.82) is 0 Å². The van der Waals surface area contributed by atoms with Crippen molar-refractivity contribution < 1.29 is 14.7 Å². The molecule has 0 spiro atoms. The molecule has 1 aromatic heterocycles. The topological polar surface area (TPSA) is 82.5 Å². The summed E-state index contributed by atoms with van der Waals surface area (Å²) in [4.78, 5) is 29.2. The van der Waals surface area contributed by atoms with Crippen molar-refractivity contribution in [2.75, 3.05) is 18.4 Å². The van der Waals surface area contributed by atoms with Crippen molar-refractivity contribution in [2.45, 2.75) is 12.8 Å². The van der Waals surface area contributed by atoms with Gasteiger partial charge in [-0.3, -0.25) is 9.78 Å². The lowest BCUT2D eigenvalue weighted by Crippen LogP contribution is -2.44. The highest BCUT2D eigenvalue weighted by molar-refractivity contribution is 5.92. The number of para-hydroxylation sites is 1. The minimum Gasteiger partial charge on any atom is -0.481 e. The average Bonchev–Trinajstić information content (AvgIpc) is 2.55. The number of pyridine rings is 1. The van der Waals surface area contributed by atoms with Crippen LogP contribution in [0.15, 0.2) is 36.5 Å². The summed E-state index contributed by atoms with van der Waals surface area (Å²) in [6.07, 6.45) is 2.94. The van der Waals surface area contributed by atoms with E-state index in [-0.39, 0.29) is 12.6 Å². The molecule has 1 fully saturated rings. The van der Waals surface area contributed by atoms with E-state index >= 15 is 0 Å². The van der Waals surface area contributed by atoms with Gasteiger partial charge in [0.1, 0.15) is 0 Å². The number of piperidine rings is 1. The lowest BCUT2D eigenvalue weighted by molar-refractivity contribution is -0.143. The quantitative estimate of drug-likeness (QED) is 0.892. The number of hydrogen-bond donors (Lipinski definition) is 2. The Hall–Kier alpha value is -2.63. The van der Waals surface area contributed by atoms with Crippen LogP contribution in [-0.2, 0) is 4.79 Å². The maximum atomic E-state index is 12.3. The molecule has 114 valence electrons. The molecule has 2 aromatic rings. The summed E-state index contributed by atoms with van der Waals surface area (Å²) in [6, 6.07) is 9.25. The van der Waals surface area contributed by atoms with Gasteiger partial charge in [-0.25, -0.2) is 4.79 Å². The zero-order valence-electron chi connectivity index (χ0n) is 12.0. The summed E-state index contributed by atoms with van der Waals surface area (Å²) in [6.45, 7) is 0.832. The summed E-state index contributed by atoms with van der Waals surface area (Å²) in [7, 11) is 0. The summed E-state index contributed by atoms with van der Waals surface area (Å²) in [5.41, 5.74) is 1.48. The normalized spacial score (nSPS) is 18.2. The minimum atomic E-state index is -0.843. The average molecular weight is 299 g/mol. The first-order valence-electron chi connectivity index (χ1n) is 7.27. The van der Waals surface area contributed by atoms with Gasteiger partial charge in [0, 0.05) is 18.5 Å². The molecule has 1 unspecified atom stereocenters. The van der Waals surface area contributed by atoms with Gasteiger partial charge in [-0.15, -0.1) is 0 Å². The molecule has 1 aliphatic rings. The molecule has 3 rings (SSSR count). The Morgan fingerprint density at radius 1 is 1.32 bits per heavy atom. The van der Waals surface area contributed by atoms with Gasteiger partial charge >= 0.3 is 12.0 Å². The van der Waals surface area contributed by atoms with Crippen LogP contribution in [0.4, 0.5) is 10.5 Å². The van der Waals surface area contributed by atoms with Crippen LogP contribution in [0.5, 0.6) is 0 Å². The highest BCUT2D eigenvalue weighted by Gasteiger charge is 2.28. The molecule has 6 nitrogen and oxygen atoms in total. The van der Waals surface area contributed by atoms with Gasteiger partial charge in [-0.2, -0.15) is 0 Å². The number of fused-ring (bicyclic) bond motifs is 1. The Balaban J connectivity index is 1.71. The molecule has 0 aliphatic carbocycles. The fraction of sp³-hybridized carbons (Fsp3) is 0.312. The summed E-state index contributed by atoms with van der Waals surface area (Å²) >= 11 is 0. The van der Waals surface area contributed by atoms with Gasteiger partial charge in [0.05, 0.1) is 23.3 Å². The number of urea groups is 1. The van der Waals surface area contributed by atoms with Gasteiger partial charge < -0.3 is 15.3 Å². The number of rotatable bonds is 2. The van der Waals surface area contributed by atoms with E-state index in [2.05, 4.69) is 10.3 Å². The van der Waals surface area contributed by atoms with Crippen molar-refractivity contribution in [2.24, 2.45) is 5.92 Å². The molecule has 0 saturated carbocycles. The number of carboxylic acids is 1. The molecule has 0 radical (unpaired) electrons. The molecule has 1 aliphatic heterocycles. The molecule has 2 N–H and O–H groups in total. The molecule has 1 saturated heterocycles. The number of benzene rings is 1. The van der Waals surface area contributed by atoms with Gasteiger partial charge in [0.15, 0.2) is 0 Å². The Morgan fingerprint density at radius 3 is 2.95 bits per heavy atom. The number of hydrogen-bond acceptors (Lipinski definition) is 3. The third kappa shape index (κ3) is 3.00. The number of anilines is 1. The summed E-state index contributed by atoms with van der Waals surface area (Å²) < 4.78 is 0. The first-order valence-corrected chi connectivity index (χ1v) is 7.27. The molecule has 2 heterocycles. The number of aliphatic carboxylic acids is 1. The van der Waals surface area contributed by atoms with E-state index in [0.29, 0.717) is 25.1 Å². The number of carbonyl (C=O) groups is 2. The van der Waals surface area contributed by atoms with Gasteiger partial charge in [-0.05, 0) is 25.0 Å². The van der Waals surface area contributed by atoms with Crippen molar-refractivity contribution in [3.8, 4) is 0 Å². The van der Waals surface area contributed by atoms with Crippen molar-refractivity contribution in [3.63, 3.8) is 0 Å². The van der Waals surface area contributed by atoms with E-state index in [1.165, 1.54) is 0 Å². The second kappa shape index (κ2) is 6.01. The predicted molar refractivity (Wildman–Crippen MR) is 82.7 cm³/mol. The first kappa shape index (κ1) is 14.3. The highest BCUT2D eigenvalue weighted by Crippen LogP contribution is 2.19. The third-order valence-electron chi connectivity index (χ3n) is 3.90. The number of carboxylic acid groups (broad SMARTS) is 1. The highest BCUT2D eigenvalue weighted by atomic mass is 16.4. The first-order chi connectivity index (χ1) is 10.6. The number of aromatic nitrogens is 1. The van der Waals surface area contributed by atoms with Crippen LogP contribution in [0.2, 0.25) is 0 Å². The number of nitrogens with one attached hydrogen (secondary N) is 1. The second-order valence-corrected chi connectivity index (χ2v) is 5.47. The zero-order chi connectivity index (χ0) is 15.5. The van der Waals surface area contributed by atoms with E-state index in [1.807, 2.05) is 30.3 Å². The van der Waals surface area contributed by atoms with Gasteiger partial charge in [0.25, 0.3) is 0 Å². The van der Waals surface area contributed by atoms with Crippen molar-refractivity contribution in [3.05, 3.63) is 36.5 Å². The Labute approximate surface area is 127 Å². The molecular weight excluding hydrogens is 282 g/mol. The SMILES string of the molecule is O=C(O)C1CCCN(C(=O)Nc2cnc3ccccc3c2)C1. The zero-order valence-corrected chi connectivity index (χ0v) is 12.0. The van der Waals surface area contributed by atoms with E-state index in [1.54, 1.807) is 11.1 Å². The largest absolute Gasteiger partial charge is 0.481 e. The monoisotopic (exact) mass is 299 g/mol. The van der Waals surface area contributed by atoms with Crippen LogP contribution in [0.25, 0.3) is 10.9 Å². The fourth-order valence-electron chi connectivity index (χ4n) is 2.71. The van der Waals surface area contributed by atoms with E-state index in [0.717, 1.165) is 10.9 Å². The van der Waals surface area contributed by atoms with Gasteiger partial charge in [-0.1, -0.05) is 18.2 Å². The van der Waals surface area contributed by atoms with Crippen LogP contribution in [0, 0.1) is 5.92 Å². The van der Waals surface area contributed by atoms with E-state index in [9.17, 15) is 9.59 Å². The lowest BCUT2D eigenvalue weighted by atomic mass is 9.99. The second-order valence-electron chi connectivity index (χ2n) is 5.47. The summed E-state index contributed by atoms with van der Waals surface area (Å²) in [5, 5.41) is 12.8. The molecule has 2 amide bonds. The molecule has 0 bridgehead atoms. The maximum absolute atomic E-state index is 12.3. The van der Waals surface area contributed by atoms with Crippen LogP contribution in [0.1, 0.15) is 12.8 Å². The van der Waals surface area contributed by atoms with Crippen LogP contribution >= 0.6 is 0 Å². The van der Waals surface area contributed by atoms with Crippen LogP contribution in [0.3, 0.4) is 0 Å². The number of nitrogens with zero attached hydrogens (tertiary/aromatic N) is 2. The number of amides is 2. The molecule has 6 heteroatoms. The molecule has 1 aromatic carbocycles. The fourth-order valence-corrected chi connectivity index (χ4v) is 2.71. The standard InChI is InChI=1S/C16H17N3O3/c20-15(21)12-5-3-7-19(10-12)16(22)18-13-8-11-4-1-2-6-14(11)17-9-13/h1-2,4,6,8-9,12H,3,5,7,10H2,(H,18,22)(H,20,21). The minimum absolute atomic E-state index is 0.252. The lowest BCUT2D eigenvalue weighted by Gasteiger charge is -2.30. The Kier molecular flexibility index (Phi) is 3.91. The Morgan fingerprint density at radius 2 is 2.14 bits per heavy atom. The third-order valence-corrected chi connectivity index (χ3v) is 3.90. The van der Waals surface area contributed by atoms with Gasteiger partial charge in [0.2, 0.25) is 0 Å². The molecular formula is C16H17N3O3. The van der Waals surface area contributed by atoms with Crippen molar-refractivity contribution >= 4 is 28.6 Å². The molecule has 22 heavy (non-hydrogen) atoms. The number of carbonyl (C=O) groups excluding carboxylic acids is 1. The predicted octanol–water partition coefficient (Wildman–Crippen LogP) is 2.56. The van der Waals surface area contributed by atoms with Crippen LogP contribution in [-0.4, -0.2) is 40.1 Å². The Bertz CT molecular complexity index is 717. The maximum Gasteiger partial charge on any atom is 0.321 e.